The average molecular weight is 328 g/mol. The molecule has 1 fully saturated rings. The van der Waals surface area contributed by atoms with Crippen molar-refractivity contribution in [3.63, 3.8) is 0 Å². The Kier molecular flexibility index (Phi) is 4.23. The van der Waals surface area contributed by atoms with E-state index in [1.165, 1.54) is 4.90 Å². The van der Waals surface area contributed by atoms with E-state index in [9.17, 15) is 23.1 Å². The fourth-order valence-corrected chi connectivity index (χ4v) is 2.94. The lowest BCUT2D eigenvalue weighted by atomic mass is 10.1. The Morgan fingerprint density at radius 2 is 1.96 bits per heavy atom. The number of halogens is 3. The number of carbonyl (C=O) groups is 1. The van der Waals surface area contributed by atoms with Gasteiger partial charge in [0.1, 0.15) is 0 Å². The van der Waals surface area contributed by atoms with Crippen molar-refractivity contribution in [1.29, 1.82) is 0 Å². The number of anilines is 1. The molecule has 1 amide bonds. The lowest BCUT2D eigenvalue weighted by molar-refractivity contribution is -0.200. The number of rotatable bonds is 3. The van der Waals surface area contributed by atoms with Gasteiger partial charge in [-0.2, -0.15) is 13.2 Å². The van der Waals surface area contributed by atoms with Crippen molar-refractivity contribution in [2.45, 2.75) is 44.1 Å². The number of carbonyl (C=O) groups excluding carboxylic acids is 1. The molecular weight excluding hydrogens is 309 g/mol. The number of alkyl halides is 3. The van der Waals surface area contributed by atoms with Crippen molar-refractivity contribution in [3.05, 3.63) is 29.8 Å². The summed E-state index contributed by atoms with van der Waals surface area (Å²) < 4.78 is 38.0. The van der Waals surface area contributed by atoms with Crippen LogP contribution in [0, 0.1) is 0 Å². The predicted molar refractivity (Wildman–Crippen MR) is 78.9 cm³/mol. The smallest absolute Gasteiger partial charge is 0.382 e. The van der Waals surface area contributed by atoms with E-state index in [0.717, 1.165) is 18.4 Å². The number of aliphatic hydroxyl groups is 1. The number of aliphatic hydroxyl groups excluding tert-OH is 1. The van der Waals surface area contributed by atoms with Crippen LogP contribution in [0.2, 0.25) is 0 Å². The fourth-order valence-electron chi connectivity index (χ4n) is 2.94. The number of amides is 1. The second kappa shape index (κ2) is 6.03. The van der Waals surface area contributed by atoms with Gasteiger partial charge in [-0.15, -0.1) is 0 Å². The Hall–Kier alpha value is -1.76. The molecule has 0 aromatic heterocycles. The van der Waals surface area contributed by atoms with Gasteiger partial charge in [0.05, 0.1) is 6.54 Å². The highest BCUT2D eigenvalue weighted by atomic mass is 19.4. The molecule has 0 spiro atoms. The molecule has 1 atom stereocenters. The van der Waals surface area contributed by atoms with Crippen molar-refractivity contribution >= 4 is 11.6 Å². The molecular formula is C16H19F3N2O2. The highest BCUT2D eigenvalue weighted by Crippen LogP contribution is 2.33. The normalized spacial score (nSPS) is 20.8. The zero-order valence-corrected chi connectivity index (χ0v) is 12.6. The van der Waals surface area contributed by atoms with Crippen molar-refractivity contribution in [2.24, 2.45) is 0 Å². The van der Waals surface area contributed by atoms with Crippen molar-refractivity contribution in [3.8, 4) is 0 Å². The molecule has 1 heterocycles. The first-order valence-electron chi connectivity index (χ1n) is 7.73. The van der Waals surface area contributed by atoms with Gasteiger partial charge in [-0.25, -0.2) is 0 Å². The molecule has 1 aliphatic heterocycles. The molecule has 4 nitrogen and oxygen atoms in total. The fraction of sp³-hybridized carbons (Fsp3) is 0.562. The second-order valence-electron chi connectivity index (χ2n) is 6.13. The molecule has 23 heavy (non-hydrogen) atoms. The maximum atomic E-state index is 12.7. The largest absolute Gasteiger partial charge is 0.416 e. The van der Waals surface area contributed by atoms with Crippen LogP contribution in [0.4, 0.5) is 18.9 Å². The minimum Gasteiger partial charge on any atom is -0.382 e. The summed E-state index contributed by atoms with van der Waals surface area (Å²) in [6, 6.07) is 7.42. The van der Waals surface area contributed by atoms with Crippen LogP contribution < -0.4 is 4.90 Å². The van der Waals surface area contributed by atoms with Crippen LogP contribution in [0.5, 0.6) is 0 Å². The maximum Gasteiger partial charge on any atom is 0.416 e. The van der Waals surface area contributed by atoms with E-state index >= 15 is 0 Å². The molecule has 3 rings (SSSR count). The van der Waals surface area contributed by atoms with Crippen LogP contribution in [0.15, 0.2) is 24.3 Å². The van der Waals surface area contributed by atoms with Gasteiger partial charge in [-0.05, 0) is 24.5 Å². The summed E-state index contributed by atoms with van der Waals surface area (Å²) in [6.07, 6.45) is -4.95. The monoisotopic (exact) mass is 328 g/mol. The number of hydrogen-bond donors (Lipinski definition) is 1. The minimum absolute atomic E-state index is 0.0338. The topological polar surface area (TPSA) is 43.8 Å². The van der Waals surface area contributed by atoms with E-state index < -0.39 is 18.8 Å². The molecule has 1 aliphatic carbocycles. The van der Waals surface area contributed by atoms with Gasteiger partial charge < -0.3 is 14.9 Å². The van der Waals surface area contributed by atoms with E-state index in [1.54, 1.807) is 12.1 Å². The standard InChI is InChI=1S/C16H19F3N2O2/c17-16(18,19)14(22)10-20-8-7-15(23)21(12-5-6-12)9-11-3-1-2-4-13(11)20/h1-4,12,14,22H,5-10H2. The third kappa shape index (κ3) is 3.60. The molecule has 1 aromatic carbocycles. The van der Waals surface area contributed by atoms with Gasteiger partial charge in [-0.1, -0.05) is 18.2 Å². The average Bonchev–Trinajstić information content (AvgIpc) is 3.31. The van der Waals surface area contributed by atoms with Gasteiger partial charge >= 0.3 is 6.18 Å². The second-order valence-corrected chi connectivity index (χ2v) is 6.13. The van der Waals surface area contributed by atoms with Gasteiger partial charge in [-0.3, -0.25) is 4.79 Å². The van der Waals surface area contributed by atoms with Gasteiger partial charge in [0.2, 0.25) is 5.91 Å². The first kappa shape index (κ1) is 16.1. The van der Waals surface area contributed by atoms with Gasteiger partial charge in [0, 0.05) is 31.2 Å². The summed E-state index contributed by atoms with van der Waals surface area (Å²) in [5.74, 6) is -0.0338. The van der Waals surface area contributed by atoms with Crippen LogP contribution in [-0.4, -0.2) is 47.3 Å². The van der Waals surface area contributed by atoms with Crippen molar-refractivity contribution in [2.75, 3.05) is 18.0 Å². The molecule has 1 unspecified atom stereocenters. The number of para-hydroxylation sites is 1. The molecule has 0 bridgehead atoms. The molecule has 1 saturated carbocycles. The molecule has 1 aromatic rings. The number of hydrogen-bond acceptors (Lipinski definition) is 3. The molecule has 2 aliphatic rings. The Labute approximate surface area is 132 Å². The molecule has 1 N–H and O–H groups in total. The summed E-state index contributed by atoms with van der Waals surface area (Å²) in [5, 5.41) is 9.38. The third-order valence-corrected chi connectivity index (χ3v) is 4.35. The Morgan fingerprint density at radius 3 is 2.61 bits per heavy atom. The van der Waals surface area contributed by atoms with Gasteiger partial charge in [0.15, 0.2) is 6.10 Å². The highest BCUT2D eigenvalue weighted by Gasteiger charge is 2.40. The zero-order chi connectivity index (χ0) is 16.6. The van der Waals surface area contributed by atoms with E-state index in [0.29, 0.717) is 12.2 Å². The SMILES string of the molecule is O=C1CCN(CC(O)C(F)(F)F)c2ccccc2CN1C1CC1. The lowest BCUT2D eigenvalue weighted by Crippen LogP contribution is -2.45. The Morgan fingerprint density at radius 1 is 1.26 bits per heavy atom. The zero-order valence-electron chi connectivity index (χ0n) is 12.6. The summed E-state index contributed by atoms with van der Waals surface area (Å²) >= 11 is 0. The van der Waals surface area contributed by atoms with E-state index in [4.69, 9.17) is 0 Å². The summed E-state index contributed by atoms with van der Waals surface area (Å²) in [5.41, 5.74) is 1.48. The Bertz CT molecular complexity index is 587. The summed E-state index contributed by atoms with van der Waals surface area (Å²) in [6.45, 7) is 0.0295. The maximum absolute atomic E-state index is 12.7. The van der Waals surface area contributed by atoms with Gasteiger partial charge in [0.25, 0.3) is 0 Å². The van der Waals surface area contributed by atoms with E-state index in [1.807, 2.05) is 17.0 Å². The van der Waals surface area contributed by atoms with Crippen LogP contribution in [0.25, 0.3) is 0 Å². The molecule has 126 valence electrons. The van der Waals surface area contributed by atoms with Crippen LogP contribution >= 0.6 is 0 Å². The number of β-amino-alcohol motifs (C(OH)–C–C–N with tert-alkyl or cyclic N) is 1. The minimum atomic E-state index is -4.67. The van der Waals surface area contributed by atoms with Crippen LogP contribution in [0.3, 0.4) is 0 Å². The number of nitrogens with zero attached hydrogens (tertiary/aromatic N) is 2. The number of fused-ring (bicyclic) bond motifs is 1. The van der Waals surface area contributed by atoms with Crippen molar-refractivity contribution < 1.29 is 23.1 Å². The first-order chi connectivity index (χ1) is 10.9. The Balaban J connectivity index is 1.86. The predicted octanol–water partition coefficient (Wildman–Crippen LogP) is 2.31. The quantitative estimate of drug-likeness (QED) is 0.926. The van der Waals surface area contributed by atoms with Crippen molar-refractivity contribution in [1.82, 2.24) is 4.90 Å². The number of benzene rings is 1. The molecule has 7 heteroatoms. The highest BCUT2D eigenvalue weighted by molar-refractivity contribution is 5.78. The lowest BCUT2D eigenvalue weighted by Gasteiger charge is -2.34. The van der Waals surface area contributed by atoms with Crippen LogP contribution in [-0.2, 0) is 11.3 Å². The summed E-state index contributed by atoms with van der Waals surface area (Å²) in [4.78, 5) is 15.6. The summed E-state index contributed by atoms with van der Waals surface area (Å²) in [7, 11) is 0. The van der Waals surface area contributed by atoms with E-state index in [-0.39, 0.29) is 24.9 Å². The third-order valence-electron chi connectivity index (χ3n) is 4.35. The van der Waals surface area contributed by atoms with E-state index in [2.05, 4.69) is 0 Å². The molecule has 0 saturated heterocycles. The molecule has 0 radical (unpaired) electrons. The first-order valence-corrected chi connectivity index (χ1v) is 7.73. The van der Waals surface area contributed by atoms with Crippen LogP contribution in [0.1, 0.15) is 24.8 Å².